The molecule has 0 aromatic heterocycles. The minimum atomic E-state index is -0.976. The molecule has 1 aromatic rings. The Balaban J connectivity index is 1.82. The molecule has 0 spiro atoms. The van der Waals surface area contributed by atoms with Gasteiger partial charge < -0.3 is 4.90 Å². The van der Waals surface area contributed by atoms with E-state index in [-0.39, 0.29) is 12.5 Å². The molecule has 1 fully saturated rings. The third-order valence-electron chi connectivity index (χ3n) is 4.28. The van der Waals surface area contributed by atoms with Crippen LogP contribution < -0.4 is 4.90 Å². The molecule has 1 unspecified atom stereocenters. The van der Waals surface area contributed by atoms with E-state index in [1.54, 1.807) is 16.7 Å². The Labute approximate surface area is 155 Å². The van der Waals surface area contributed by atoms with Gasteiger partial charge in [0.15, 0.2) is 0 Å². The lowest BCUT2D eigenvalue weighted by Gasteiger charge is -2.24. The van der Waals surface area contributed by atoms with E-state index in [0.29, 0.717) is 16.7 Å². The fourth-order valence-corrected chi connectivity index (χ4v) is 4.06. The highest BCUT2D eigenvalue weighted by Gasteiger charge is 2.45. The van der Waals surface area contributed by atoms with E-state index >= 15 is 0 Å². The predicted molar refractivity (Wildman–Crippen MR) is 97.8 cm³/mol. The molecule has 0 aliphatic carbocycles. The Morgan fingerprint density at radius 3 is 2.65 bits per heavy atom. The van der Waals surface area contributed by atoms with Crippen molar-refractivity contribution in [2.75, 3.05) is 24.5 Å². The summed E-state index contributed by atoms with van der Waals surface area (Å²) in [6.07, 6.45) is 2.15. The Morgan fingerprint density at radius 2 is 1.92 bits per heavy atom. The first-order chi connectivity index (χ1) is 12.4. The largest absolute Gasteiger partial charge is 0.335 e. The maximum absolute atomic E-state index is 12.9. The third kappa shape index (κ3) is 3.24. The highest BCUT2D eigenvalue weighted by atomic mass is 32.2. The molecule has 1 atom stereocenters. The van der Waals surface area contributed by atoms with Gasteiger partial charge in [-0.05, 0) is 18.6 Å². The number of benzene rings is 1. The van der Waals surface area contributed by atoms with Crippen molar-refractivity contribution in [1.29, 1.82) is 0 Å². The van der Waals surface area contributed by atoms with Crippen LogP contribution in [0.25, 0.3) is 0 Å². The standard InChI is InChI=1S/C18H19N3O4S/c1-3-9-20-16(23)17(24)21(18(20)25)11-15(22)19-10-8-12(2)26-14-7-5-4-6-13(14)19/h3-7,12H,1,8-11H2,2H3. The number of fused-ring (bicyclic) bond motifs is 1. The molecule has 0 bridgehead atoms. The van der Waals surface area contributed by atoms with Gasteiger partial charge in [0.25, 0.3) is 0 Å². The molecule has 0 saturated carbocycles. The summed E-state index contributed by atoms with van der Waals surface area (Å²) >= 11 is 1.69. The highest BCUT2D eigenvalue weighted by Crippen LogP contribution is 2.37. The van der Waals surface area contributed by atoms with Crippen molar-refractivity contribution in [2.24, 2.45) is 0 Å². The number of imide groups is 2. The van der Waals surface area contributed by atoms with Gasteiger partial charge in [-0.25, -0.2) is 9.69 Å². The van der Waals surface area contributed by atoms with E-state index < -0.39 is 24.4 Å². The highest BCUT2D eigenvalue weighted by molar-refractivity contribution is 8.00. The van der Waals surface area contributed by atoms with Crippen molar-refractivity contribution in [3.8, 4) is 0 Å². The lowest BCUT2D eigenvalue weighted by molar-refractivity contribution is -0.143. The Kier molecular flexibility index (Phi) is 5.13. The summed E-state index contributed by atoms with van der Waals surface area (Å²) in [7, 11) is 0. The minimum Gasteiger partial charge on any atom is -0.310 e. The molecule has 1 aromatic carbocycles. The predicted octanol–water partition coefficient (Wildman–Crippen LogP) is 1.88. The van der Waals surface area contributed by atoms with E-state index in [4.69, 9.17) is 0 Å². The second-order valence-electron chi connectivity index (χ2n) is 6.11. The van der Waals surface area contributed by atoms with Crippen molar-refractivity contribution in [3.63, 3.8) is 0 Å². The number of carbonyl (C=O) groups excluding carboxylic acids is 4. The number of urea groups is 1. The maximum atomic E-state index is 12.9. The SMILES string of the molecule is C=CCN1C(=O)C(=O)N(CC(=O)N2CCC(C)Sc3ccccc32)C1=O. The van der Waals surface area contributed by atoms with Crippen LogP contribution in [-0.4, -0.2) is 58.4 Å². The monoisotopic (exact) mass is 373 g/mol. The quantitative estimate of drug-likeness (QED) is 0.457. The van der Waals surface area contributed by atoms with Gasteiger partial charge in [-0.3, -0.25) is 19.3 Å². The third-order valence-corrected chi connectivity index (χ3v) is 5.52. The number of thioether (sulfide) groups is 1. The molecule has 0 radical (unpaired) electrons. The average Bonchev–Trinajstić information content (AvgIpc) is 2.77. The van der Waals surface area contributed by atoms with Crippen molar-refractivity contribution in [3.05, 3.63) is 36.9 Å². The Hall–Kier alpha value is -2.61. The summed E-state index contributed by atoms with van der Waals surface area (Å²) in [5, 5.41) is 0.341. The number of carbonyl (C=O) groups is 4. The van der Waals surface area contributed by atoms with Crippen LogP contribution in [0.2, 0.25) is 0 Å². The normalized spacial score (nSPS) is 20.3. The fraction of sp³-hybridized carbons (Fsp3) is 0.333. The van der Waals surface area contributed by atoms with Gasteiger partial charge in [-0.2, -0.15) is 0 Å². The summed E-state index contributed by atoms with van der Waals surface area (Å²) < 4.78 is 0. The van der Waals surface area contributed by atoms with Gasteiger partial charge >= 0.3 is 17.8 Å². The molecule has 2 aliphatic rings. The molecule has 136 valence electrons. The van der Waals surface area contributed by atoms with Crippen molar-refractivity contribution in [1.82, 2.24) is 9.80 Å². The van der Waals surface area contributed by atoms with Crippen LogP contribution in [0.5, 0.6) is 0 Å². The van der Waals surface area contributed by atoms with Crippen molar-refractivity contribution < 1.29 is 19.2 Å². The van der Waals surface area contributed by atoms with Crippen molar-refractivity contribution in [2.45, 2.75) is 23.5 Å². The Morgan fingerprint density at radius 1 is 1.23 bits per heavy atom. The van der Waals surface area contributed by atoms with Crippen LogP contribution in [0, 0.1) is 0 Å². The van der Waals surface area contributed by atoms with Crippen LogP contribution in [0.15, 0.2) is 41.8 Å². The molecule has 0 N–H and O–H groups in total. The molecule has 8 heteroatoms. The lowest BCUT2D eigenvalue weighted by atomic mass is 10.2. The number of amides is 5. The number of hydrogen-bond donors (Lipinski definition) is 0. The Bertz CT molecular complexity index is 794. The van der Waals surface area contributed by atoms with E-state index in [1.165, 1.54) is 6.08 Å². The van der Waals surface area contributed by atoms with E-state index in [1.807, 2.05) is 24.3 Å². The van der Waals surface area contributed by atoms with Crippen LogP contribution in [0.3, 0.4) is 0 Å². The second kappa shape index (κ2) is 7.33. The number of para-hydroxylation sites is 1. The van der Waals surface area contributed by atoms with E-state index in [2.05, 4.69) is 13.5 Å². The lowest BCUT2D eigenvalue weighted by Crippen LogP contribution is -2.44. The smallest absolute Gasteiger partial charge is 0.310 e. The summed E-state index contributed by atoms with van der Waals surface area (Å²) in [6.45, 7) is 5.53. The molecule has 26 heavy (non-hydrogen) atoms. The summed E-state index contributed by atoms with van der Waals surface area (Å²) in [5.74, 6) is -2.29. The van der Waals surface area contributed by atoms with Gasteiger partial charge in [0.05, 0.1) is 5.69 Å². The van der Waals surface area contributed by atoms with Gasteiger partial charge in [-0.1, -0.05) is 25.1 Å². The number of nitrogens with zero attached hydrogens (tertiary/aromatic N) is 3. The first kappa shape index (κ1) is 18.2. The van der Waals surface area contributed by atoms with Gasteiger partial charge in [0, 0.05) is 23.2 Å². The van der Waals surface area contributed by atoms with Crippen molar-refractivity contribution >= 4 is 41.2 Å². The number of rotatable bonds is 4. The maximum Gasteiger partial charge on any atom is 0.335 e. The topological polar surface area (TPSA) is 78.0 Å². The molecular formula is C18H19N3O4S. The second-order valence-corrected chi connectivity index (χ2v) is 7.59. The van der Waals surface area contributed by atoms with Gasteiger partial charge in [0.2, 0.25) is 5.91 Å². The summed E-state index contributed by atoms with van der Waals surface area (Å²) in [4.78, 5) is 53.2. The zero-order valence-electron chi connectivity index (χ0n) is 14.4. The zero-order valence-corrected chi connectivity index (χ0v) is 15.2. The molecule has 1 saturated heterocycles. The zero-order chi connectivity index (χ0) is 18.8. The molecular weight excluding hydrogens is 354 g/mol. The van der Waals surface area contributed by atoms with Crippen LogP contribution >= 0.6 is 11.8 Å². The molecule has 3 rings (SSSR count). The molecule has 2 aliphatic heterocycles. The van der Waals surface area contributed by atoms with Gasteiger partial charge in [-0.15, -0.1) is 18.3 Å². The molecule has 7 nitrogen and oxygen atoms in total. The van der Waals surface area contributed by atoms with Crippen LogP contribution in [0.4, 0.5) is 10.5 Å². The average molecular weight is 373 g/mol. The molecule has 2 heterocycles. The first-order valence-electron chi connectivity index (χ1n) is 8.28. The van der Waals surface area contributed by atoms with Gasteiger partial charge in [0.1, 0.15) is 6.54 Å². The summed E-state index contributed by atoms with van der Waals surface area (Å²) in [6, 6.07) is 6.77. The van der Waals surface area contributed by atoms with Crippen LogP contribution in [-0.2, 0) is 14.4 Å². The van der Waals surface area contributed by atoms with E-state index in [9.17, 15) is 19.2 Å². The fourth-order valence-electron chi connectivity index (χ4n) is 2.95. The van der Waals surface area contributed by atoms with Crippen LogP contribution in [0.1, 0.15) is 13.3 Å². The summed E-state index contributed by atoms with van der Waals surface area (Å²) in [5.41, 5.74) is 0.764. The van der Waals surface area contributed by atoms with E-state index in [0.717, 1.165) is 21.9 Å². The number of anilines is 1. The first-order valence-corrected chi connectivity index (χ1v) is 9.16. The minimum absolute atomic E-state index is 0.0607. The molecule has 5 amide bonds. The number of hydrogen-bond acceptors (Lipinski definition) is 5.